The second-order valence-corrected chi connectivity index (χ2v) is 6.51. The van der Waals surface area contributed by atoms with Gasteiger partial charge in [0.15, 0.2) is 5.69 Å². The molecule has 7 nitrogen and oxygen atoms in total. The molecule has 2 amide bonds. The summed E-state index contributed by atoms with van der Waals surface area (Å²) in [7, 11) is 0. The third-order valence-corrected chi connectivity index (χ3v) is 4.13. The van der Waals surface area contributed by atoms with Gasteiger partial charge in [-0.15, -0.1) is 5.10 Å². The second kappa shape index (κ2) is 8.11. The number of benzene rings is 2. The number of hydrogen-bond acceptors (Lipinski definition) is 4. The van der Waals surface area contributed by atoms with Crippen LogP contribution in [-0.4, -0.2) is 33.0 Å². The van der Waals surface area contributed by atoms with Crippen molar-refractivity contribution in [2.24, 2.45) is 0 Å². The van der Waals surface area contributed by atoms with Gasteiger partial charge in [-0.1, -0.05) is 22.9 Å². The quantitative estimate of drug-likeness (QED) is 0.596. The number of nitrogens with one attached hydrogen (secondary N) is 2. The zero-order chi connectivity index (χ0) is 22.1. The molecule has 0 unspecified atom stereocenters. The van der Waals surface area contributed by atoms with Crippen LogP contribution in [0.3, 0.4) is 0 Å². The Kier molecular flexibility index (Phi) is 5.74. The number of hydrogen-bond donors (Lipinski definition) is 2. The van der Waals surface area contributed by atoms with Crippen molar-refractivity contribution in [2.75, 3.05) is 10.6 Å². The predicted molar refractivity (Wildman–Crippen MR) is 100 cm³/mol. The monoisotopic (exact) mass is 441 g/mol. The first-order valence-corrected chi connectivity index (χ1v) is 8.60. The first-order chi connectivity index (χ1) is 14.0. The Hall–Kier alpha value is -3.47. The first kappa shape index (κ1) is 21.2. The molecule has 0 radical (unpaired) electrons. The molecule has 0 aliphatic rings. The summed E-state index contributed by atoms with van der Waals surface area (Å²) in [6, 6.07) is 7.88. The summed E-state index contributed by atoms with van der Waals surface area (Å²) in [6.07, 6.45) is -3.99. The molecule has 0 atom stereocenters. The Labute approximate surface area is 171 Å². The van der Waals surface area contributed by atoms with Crippen LogP contribution in [0.4, 0.5) is 28.9 Å². The van der Waals surface area contributed by atoms with Crippen molar-refractivity contribution in [3.8, 4) is 5.69 Å². The van der Waals surface area contributed by atoms with Gasteiger partial charge < -0.3 is 10.6 Å². The van der Waals surface area contributed by atoms with E-state index in [1.165, 1.54) is 17.6 Å². The fraction of sp³-hybridized carbons (Fsp3) is 0.111. The SMILES string of the molecule is Cc1ccc(Cl)cc1NC(=O)c1cn(-c2ccc(F)c(NC(=O)C(F)(F)F)c2)nn1. The highest BCUT2D eigenvalue weighted by molar-refractivity contribution is 6.31. The number of carbonyl (C=O) groups excluding carboxylic acids is 2. The Morgan fingerprint density at radius 3 is 2.50 bits per heavy atom. The number of nitrogens with zero attached hydrogens (tertiary/aromatic N) is 3. The molecular formula is C18H12ClF4N5O2. The van der Waals surface area contributed by atoms with E-state index in [1.807, 2.05) is 0 Å². The minimum absolute atomic E-state index is 0.0689. The van der Waals surface area contributed by atoms with Crippen LogP contribution in [0.25, 0.3) is 5.69 Å². The van der Waals surface area contributed by atoms with Gasteiger partial charge in [0.2, 0.25) is 0 Å². The lowest BCUT2D eigenvalue weighted by molar-refractivity contribution is -0.167. The molecule has 0 fully saturated rings. The highest BCUT2D eigenvalue weighted by Crippen LogP contribution is 2.23. The third-order valence-electron chi connectivity index (χ3n) is 3.89. The van der Waals surface area contributed by atoms with E-state index >= 15 is 0 Å². The van der Waals surface area contributed by atoms with Gasteiger partial charge in [0.25, 0.3) is 5.91 Å². The molecule has 3 aromatic rings. The summed E-state index contributed by atoms with van der Waals surface area (Å²) in [5.74, 6) is -4.01. The average molecular weight is 442 g/mol. The second-order valence-electron chi connectivity index (χ2n) is 6.08. The lowest BCUT2D eigenvalue weighted by atomic mass is 10.2. The third kappa shape index (κ3) is 4.74. The lowest BCUT2D eigenvalue weighted by Gasteiger charge is -2.10. The topological polar surface area (TPSA) is 88.9 Å². The minimum Gasteiger partial charge on any atom is -0.320 e. The van der Waals surface area contributed by atoms with Crippen molar-refractivity contribution >= 4 is 34.8 Å². The predicted octanol–water partition coefficient (Wildman–Crippen LogP) is 4.12. The minimum atomic E-state index is -5.18. The van der Waals surface area contributed by atoms with Crippen molar-refractivity contribution in [2.45, 2.75) is 13.1 Å². The number of aryl methyl sites for hydroxylation is 1. The molecule has 2 N–H and O–H groups in total. The maximum Gasteiger partial charge on any atom is 0.471 e. The number of halogens is 5. The van der Waals surface area contributed by atoms with Crippen molar-refractivity contribution in [1.82, 2.24) is 15.0 Å². The Bertz CT molecular complexity index is 1130. The fourth-order valence-corrected chi connectivity index (χ4v) is 2.53. The van der Waals surface area contributed by atoms with Crippen molar-refractivity contribution < 1.29 is 27.2 Å². The summed E-state index contributed by atoms with van der Waals surface area (Å²) in [5.41, 5.74) is 0.467. The molecule has 0 spiro atoms. The summed E-state index contributed by atoms with van der Waals surface area (Å²) in [5, 5.41) is 11.9. The largest absolute Gasteiger partial charge is 0.471 e. The molecule has 0 bridgehead atoms. The molecular weight excluding hydrogens is 430 g/mol. The molecule has 0 saturated carbocycles. The average Bonchev–Trinajstić information content (AvgIpc) is 3.16. The van der Waals surface area contributed by atoms with Gasteiger partial charge in [-0.05, 0) is 42.8 Å². The fourth-order valence-electron chi connectivity index (χ4n) is 2.35. The van der Waals surface area contributed by atoms with Gasteiger partial charge >= 0.3 is 12.1 Å². The molecule has 0 saturated heterocycles. The smallest absolute Gasteiger partial charge is 0.320 e. The zero-order valence-electron chi connectivity index (χ0n) is 15.1. The van der Waals surface area contributed by atoms with E-state index < -0.39 is 29.5 Å². The van der Waals surface area contributed by atoms with Crippen LogP contribution >= 0.6 is 11.6 Å². The Balaban J connectivity index is 1.82. The standard InChI is InChI=1S/C18H12ClF4N5O2/c1-9-2-3-10(19)6-13(9)24-16(29)15-8-28(27-26-15)11-4-5-12(20)14(7-11)25-17(30)18(21,22)23/h2-8H,1H3,(H,24,29)(H,25,30). The summed E-state index contributed by atoms with van der Waals surface area (Å²) in [4.78, 5) is 23.4. The maximum absolute atomic E-state index is 13.8. The lowest BCUT2D eigenvalue weighted by Crippen LogP contribution is -2.30. The van der Waals surface area contributed by atoms with E-state index in [9.17, 15) is 27.2 Å². The zero-order valence-corrected chi connectivity index (χ0v) is 15.8. The number of anilines is 2. The molecule has 3 rings (SSSR count). The van der Waals surface area contributed by atoms with Gasteiger partial charge in [-0.25, -0.2) is 9.07 Å². The van der Waals surface area contributed by atoms with Gasteiger partial charge in [-0.2, -0.15) is 13.2 Å². The summed E-state index contributed by atoms with van der Waals surface area (Å²) >= 11 is 5.91. The molecule has 0 aliphatic carbocycles. The van der Waals surface area contributed by atoms with E-state index in [1.54, 1.807) is 25.1 Å². The van der Waals surface area contributed by atoms with Gasteiger partial charge in [0.1, 0.15) is 5.82 Å². The van der Waals surface area contributed by atoms with Crippen LogP contribution in [-0.2, 0) is 4.79 Å². The maximum atomic E-state index is 13.8. The summed E-state index contributed by atoms with van der Waals surface area (Å²) in [6.45, 7) is 1.76. The highest BCUT2D eigenvalue weighted by Gasteiger charge is 2.39. The molecule has 1 heterocycles. The molecule has 2 aromatic carbocycles. The number of aromatic nitrogens is 3. The van der Waals surface area contributed by atoms with E-state index in [0.29, 0.717) is 10.7 Å². The van der Waals surface area contributed by atoms with Gasteiger partial charge in [0, 0.05) is 10.7 Å². The van der Waals surface area contributed by atoms with Crippen LogP contribution < -0.4 is 10.6 Å². The molecule has 156 valence electrons. The van der Waals surface area contributed by atoms with Crippen molar-refractivity contribution in [3.05, 3.63) is 64.7 Å². The Morgan fingerprint density at radius 2 is 1.80 bits per heavy atom. The summed E-state index contributed by atoms with van der Waals surface area (Å²) < 4.78 is 52.0. The molecule has 12 heteroatoms. The van der Waals surface area contributed by atoms with Crippen molar-refractivity contribution in [1.29, 1.82) is 0 Å². The van der Waals surface area contributed by atoms with Crippen LogP contribution in [0, 0.1) is 12.7 Å². The van der Waals surface area contributed by atoms with E-state index in [4.69, 9.17) is 11.6 Å². The number of rotatable bonds is 4. The number of alkyl halides is 3. The van der Waals surface area contributed by atoms with Crippen LogP contribution in [0.5, 0.6) is 0 Å². The first-order valence-electron chi connectivity index (χ1n) is 8.22. The normalized spacial score (nSPS) is 11.3. The molecule has 0 aliphatic heterocycles. The van der Waals surface area contributed by atoms with Crippen LogP contribution in [0.2, 0.25) is 5.02 Å². The van der Waals surface area contributed by atoms with Crippen LogP contribution in [0.15, 0.2) is 42.6 Å². The van der Waals surface area contributed by atoms with Crippen LogP contribution in [0.1, 0.15) is 16.1 Å². The van der Waals surface area contributed by atoms with E-state index in [0.717, 1.165) is 22.4 Å². The van der Waals surface area contributed by atoms with E-state index in [-0.39, 0.29) is 11.4 Å². The highest BCUT2D eigenvalue weighted by atomic mass is 35.5. The van der Waals surface area contributed by atoms with Gasteiger partial charge in [-0.3, -0.25) is 9.59 Å². The van der Waals surface area contributed by atoms with E-state index in [2.05, 4.69) is 15.6 Å². The molecule has 30 heavy (non-hydrogen) atoms. The Morgan fingerprint density at radius 1 is 1.07 bits per heavy atom. The number of carbonyl (C=O) groups is 2. The van der Waals surface area contributed by atoms with Gasteiger partial charge in [0.05, 0.1) is 17.6 Å². The number of amides is 2. The molecule has 1 aromatic heterocycles. The van der Waals surface area contributed by atoms with Crippen molar-refractivity contribution in [3.63, 3.8) is 0 Å².